The minimum Gasteiger partial charge on any atom is -0.493 e. The molecule has 0 saturated heterocycles. The zero-order valence-electron chi connectivity index (χ0n) is 24.0. The van der Waals surface area contributed by atoms with Crippen LogP contribution in [0.15, 0.2) is 48.8 Å². The predicted molar refractivity (Wildman–Crippen MR) is 160 cm³/mol. The molecule has 16 heteroatoms. The maximum absolute atomic E-state index is 13.8. The Kier molecular flexibility index (Phi) is 11.7. The van der Waals surface area contributed by atoms with Crippen LogP contribution in [0.5, 0.6) is 5.75 Å². The second kappa shape index (κ2) is 15.6. The maximum atomic E-state index is 13.8. The molecule has 0 bridgehead atoms. The van der Waals surface area contributed by atoms with Gasteiger partial charge in [0.15, 0.2) is 17.5 Å². The summed E-state index contributed by atoms with van der Waals surface area (Å²) in [4.78, 5) is 40.8. The lowest BCUT2D eigenvalue weighted by atomic mass is 10.2. The Hall–Kier alpha value is -4.01. The number of unbranched alkanes of at least 4 members (excludes halogenated alkanes) is 1. The summed E-state index contributed by atoms with van der Waals surface area (Å²) in [5.41, 5.74) is 0.827. The Morgan fingerprint density at radius 3 is 2.68 bits per heavy atom. The first-order chi connectivity index (χ1) is 21.1. The fourth-order valence-electron chi connectivity index (χ4n) is 4.32. The molecule has 2 aromatic carbocycles. The van der Waals surface area contributed by atoms with E-state index in [0.29, 0.717) is 60.1 Å². The van der Waals surface area contributed by atoms with Crippen LogP contribution >= 0.6 is 7.82 Å². The van der Waals surface area contributed by atoms with Crippen molar-refractivity contribution in [3.63, 3.8) is 0 Å². The van der Waals surface area contributed by atoms with Gasteiger partial charge in [-0.3, -0.25) is 14.4 Å². The number of halogens is 2. The summed E-state index contributed by atoms with van der Waals surface area (Å²) in [6.07, 6.45) is 3.91. The molecule has 44 heavy (non-hydrogen) atoms. The summed E-state index contributed by atoms with van der Waals surface area (Å²) in [6, 6.07) is 10.5. The number of benzene rings is 2. The van der Waals surface area contributed by atoms with E-state index in [1.165, 1.54) is 18.5 Å². The van der Waals surface area contributed by atoms with Gasteiger partial charge in [-0.15, -0.1) is 0 Å². The zero-order chi connectivity index (χ0) is 31.5. The number of amides is 1. The number of carbonyl (C=O) groups is 1. The van der Waals surface area contributed by atoms with Gasteiger partial charge in [-0.2, -0.15) is 5.10 Å². The molecule has 0 aliphatic rings. The molecule has 0 saturated carbocycles. The number of rotatable bonds is 17. The molecule has 0 aliphatic heterocycles. The van der Waals surface area contributed by atoms with Crippen LogP contribution in [0, 0.1) is 11.6 Å². The molecule has 2 aromatic heterocycles. The Morgan fingerprint density at radius 1 is 1.07 bits per heavy atom. The summed E-state index contributed by atoms with van der Waals surface area (Å²) < 4.78 is 48.7. The molecule has 0 spiro atoms. The van der Waals surface area contributed by atoms with Gasteiger partial charge < -0.3 is 30.1 Å². The standard InChI is InChI=1S/C28H34F2N7O6P/c1-2-3-10-37(12-14-43-44(39,40)41)11-5-13-42-20-8-9-21-24(17-20)31-18-32-28(21)34-25-15-19(35-36-25)16-26(38)33-23-7-4-6-22(29)27(23)30/h4,6-9,15,17-18H,2-3,5,10-14,16H2,1H3,(H,33,38)(H2,39,40,41)(H2,31,32,34,35,36). The van der Waals surface area contributed by atoms with Crippen LogP contribution in [0.2, 0.25) is 0 Å². The third-order valence-electron chi connectivity index (χ3n) is 6.44. The smallest absolute Gasteiger partial charge is 0.469 e. The van der Waals surface area contributed by atoms with Crippen LogP contribution in [0.25, 0.3) is 10.9 Å². The number of ether oxygens (including phenoxy) is 1. The molecule has 0 atom stereocenters. The van der Waals surface area contributed by atoms with Gasteiger partial charge in [0.25, 0.3) is 0 Å². The molecule has 0 radical (unpaired) electrons. The highest BCUT2D eigenvalue weighted by Crippen LogP contribution is 2.35. The summed E-state index contributed by atoms with van der Waals surface area (Å²) in [7, 11) is -4.49. The minimum atomic E-state index is -4.49. The van der Waals surface area contributed by atoms with Gasteiger partial charge >= 0.3 is 7.82 Å². The Labute approximate surface area is 252 Å². The SMILES string of the molecule is CCCCN(CCCOc1ccc2c(Nc3cc(CC(=O)Nc4cccc(F)c4F)[nH]n3)ncnc2c1)CCOP(=O)(O)O. The lowest BCUT2D eigenvalue weighted by Crippen LogP contribution is -2.30. The highest BCUT2D eigenvalue weighted by Gasteiger charge is 2.15. The normalized spacial score (nSPS) is 11.7. The van der Waals surface area contributed by atoms with E-state index >= 15 is 0 Å². The molecule has 2 heterocycles. The number of H-pyrrole nitrogens is 1. The van der Waals surface area contributed by atoms with Gasteiger partial charge in [-0.25, -0.2) is 23.3 Å². The summed E-state index contributed by atoms with van der Waals surface area (Å²) in [6.45, 7) is 4.34. The van der Waals surface area contributed by atoms with E-state index in [-0.39, 0.29) is 18.7 Å². The largest absolute Gasteiger partial charge is 0.493 e. The third-order valence-corrected chi connectivity index (χ3v) is 6.96. The molecule has 236 valence electrons. The molecule has 1 amide bonds. The van der Waals surface area contributed by atoms with E-state index in [2.05, 4.69) is 47.1 Å². The van der Waals surface area contributed by atoms with Gasteiger partial charge in [0.2, 0.25) is 5.91 Å². The maximum Gasteiger partial charge on any atom is 0.469 e. The Morgan fingerprint density at radius 2 is 1.89 bits per heavy atom. The van der Waals surface area contributed by atoms with Crippen LogP contribution in [0.3, 0.4) is 0 Å². The van der Waals surface area contributed by atoms with E-state index in [1.54, 1.807) is 18.2 Å². The number of nitrogens with zero attached hydrogens (tertiary/aromatic N) is 4. The first-order valence-corrected chi connectivity index (χ1v) is 15.5. The van der Waals surface area contributed by atoms with Gasteiger partial charge in [-0.05, 0) is 43.7 Å². The van der Waals surface area contributed by atoms with Crippen LogP contribution < -0.4 is 15.4 Å². The molecule has 0 fully saturated rings. The van der Waals surface area contributed by atoms with Gasteiger partial charge in [0.05, 0.1) is 30.8 Å². The van der Waals surface area contributed by atoms with Crippen molar-refractivity contribution in [3.8, 4) is 5.75 Å². The molecule has 5 N–H and O–H groups in total. The summed E-state index contributed by atoms with van der Waals surface area (Å²) >= 11 is 0. The number of nitrogens with one attached hydrogen (secondary N) is 3. The fourth-order valence-corrected chi connectivity index (χ4v) is 4.64. The number of carbonyl (C=O) groups excluding carboxylic acids is 1. The van der Waals surface area contributed by atoms with Crippen molar-refractivity contribution in [3.05, 3.63) is 66.1 Å². The third kappa shape index (κ3) is 10.0. The molecular formula is C28H34F2N7O6P. The van der Waals surface area contributed by atoms with Crippen LogP contribution in [0.1, 0.15) is 31.9 Å². The highest BCUT2D eigenvalue weighted by atomic mass is 31.2. The predicted octanol–water partition coefficient (Wildman–Crippen LogP) is 4.54. The topological polar surface area (TPSA) is 175 Å². The minimum absolute atomic E-state index is 0.0533. The first-order valence-electron chi connectivity index (χ1n) is 14.0. The average molecular weight is 634 g/mol. The number of aromatic amines is 1. The van der Waals surface area contributed by atoms with Crippen molar-refractivity contribution in [2.75, 3.05) is 43.5 Å². The van der Waals surface area contributed by atoms with Gasteiger partial charge in [0.1, 0.15) is 17.9 Å². The molecule has 0 unspecified atom stereocenters. The highest BCUT2D eigenvalue weighted by molar-refractivity contribution is 7.46. The lowest BCUT2D eigenvalue weighted by Gasteiger charge is -2.22. The number of aromatic nitrogens is 4. The number of hydrogen-bond acceptors (Lipinski definition) is 9. The van der Waals surface area contributed by atoms with E-state index < -0.39 is 25.4 Å². The monoisotopic (exact) mass is 633 g/mol. The second-order valence-corrected chi connectivity index (χ2v) is 11.1. The molecule has 4 aromatic rings. The zero-order valence-corrected chi connectivity index (χ0v) is 24.9. The number of anilines is 3. The summed E-state index contributed by atoms with van der Waals surface area (Å²) in [5.74, 6) is -1.24. The second-order valence-electron chi connectivity index (χ2n) is 9.85. The Bertz CT molecular complexity index is 1600. The van der Waals surface area contributed by atoms with E-state index in [1.807, 2.05) is 6.07 Å². The van der Waals surface area contributed by atoms with Gasteiger partial charge in [-0.1, -0.05) is 19.4 Å². The molecule has 13 nitrogen and oxygen atoms in total. The summed E-state index contributed by atoms with van der Waals surface area (Å²) in [5, 5.41) is 13.0. The lowest BCUT2D eigenvalue weighted by molar-refractivity contribution is -0.115. The van der Waals surface area contributed by atoms with Crippen LogP contribution in [0.4, 0.5) is 26.1 Å². The number of fused-ring (bicyclic) bond motifs is 1. The quantitative estimate of drug-likeness (QED) is 0.0816. The van der Waals surface area contributed by atoms with Crippen LogP contribution in [-0.4, -0.2) is 73.6 Å². The van der Waals surface area contributed by atoms with Crippen molar-refractivity contribution < 1.29 is 37.2 Å². The van der Waals surface area contributed by atoms with Crippen molar-refractivity contribution in [2.45, 2.75) is 32.6 Å². The molecule has 4 rings (SSSR count). The van der Waals surface area contributed by atoms with Crippen LogP contribution in [-0.2, 0) is 20.3 Å². The van der Waals surface area contributed by atoms with E-state index in [9.17, 15) is 18.1 Å². The van der Waals surface area contributed by atoms with Crippen molar-refractivity contribution >= 4 is 42.0 Å². The van der Waals surface area contributed by atoms with E-state index in [4.69, 9.17) is 14.5 Å². The number of phosphoric ester groups is 1. The fraction of sp³-hybridized carbons (Fsp3) is 0.357. The van der Waals surface area contributed by atoms with Crippen molar-refractivity contribution in [1.82, 2.24) is 25.1 Å². The van der Waals surface area contributed by atoms with Crippen molar-refractivity contribution in [2.24, 2.45) is 0 Å². The molecular weight excluding hydrogens is 599 g/mol. The Balaban J connectivity index is 1.29. The average Bonchev–Trinajstić information content (AvgIpc) is 3.41. The number of phosphoric acid groups is 1. The van der Waals surface area contributed by atoms with Crippen molar-refractivity contribution in [1.29, 1.82) is 0 Å². The van der Waals surface area contributed by atoms with E-state index in [0.717, 1.165) is 25.5 Å². The number of hydrogen-bond donors (Lipinski definition) is 5. The first kappa shape index (κ1) is 32.9. The van der Waals surface area contributed by atoms with Gasteiger partial charge in [0, 0.05) is 36.3 Å². The molecule has 0 aliphatic carbocycles.